The van der Waals surface area contributed by atoms with Gasteiger partial charge >= 0.3 is 0 Å². The smallest absolute Gasteiger partial charge is 0.182 e. The molecule has 1 heterocycles. The molecule has 0 saturated carbocycles. The van der Waals surface area contributed by atoms with Crippen LogP contribution in [-0.2, 0) is 6.61 Å². The van der Waals surface area contributed by atoms with E-state index in [4.69, 9.17) is 16.3 Å². The Bertz CT molecular complexity index is 542. The molecule has 0 radical (unpaired) electrons. The van der Waals surface area contributed by atoms with Gasteiger partial charge in [0.25, 0.3) is 0 Å². The van der Waals surface area contributed by atoms with E-state index in [9.17, 15) is 0 Å². The number of aryl methyl sites for hydroxylation is 1. The number of rotatable bonds is 6. The summed E-state index contributed by atoms with van der Waals surface area (Å²) in [6, 6.07) is 5.68. The summed E-state index contributed by atoms with van der Waals surface area (Å²) >= 11 is 7.60. The fourth-order valence-electron chi connectivity index (χ4n) is 1.55. The van der Waals surface area contributed by atoms with Gasteiger partial charge in [-0.2, -0.15) is 0 Å². The van der Waals surface area contributed by atoms with Gasteiger partial charge in [0.15, 0.2) is 5.13 Å². The minimum absolute atomic E-state index is 0.534. The van der Waals surface area contributed by atoms with Gasteiger partial charge in [0.2, 0.25) is 0 Å². The van der Waals surface area contributed by atoms with Crippen LogP contribution >= 0.6 is 22.9 Å². The molecule has 1 aromatic heterocycles. The number of halogens is 1. The van der Waals surface area contributed by atoms with Crippen molar-refractivity contribution in [2.75, 3.05) is 11.9 Å². The third kappa shape index (κ3) is 4.11. The average Bonchev–Trinajstić information content (AvgIpc) is 2.86. The van der Waals surface area contributed by atoms with Crippen LogP contribution in [0.1, 0.15) is 23.8 Å². The highest BCUT2D eigenvalue weighted by atomic mass is 35.5. The van der Waals surface area contributed by atoms with Crippen molar-refractivity contribution in [3.05, 3.63) is 39.9 Å². The molecular formula is C14H17ClN2OS. The number of thiazole rings is 1. The molecular weight excluding hydrogens is 280 g/mol. The molecule has 2 aromatic rings. The molecule has 0 fully saturated rings. The Morgan fingerprint density at radius 2 is 2.26 bits per heavy atom. The predicted molar refractivity (Wildman–Crippen MR) is 81.4 cm³/mol. The van der Waals surface area contributed by atoms with Crippen molar-refractivity contribution >= 4 is 28.1 Å². The average molecular weight is 297 g/mol. The van der Waals surface area contributed by atoms with Crippen LogP contribution in [0.5, 0.6) is 5.75 Å². The molecule has 2 rings (SSSR count). The molecule has 0 amide bonds. The van der Waals surface area contributed by atoms with Crippen LogP contribution in [0.2, 0.25) is 5.02 Å². The first-order valence-electron chi connectivity index (χ1n) is 6.26. The van der Waals surface area contributed by atoms with Gasteiger partial charge in [-0.05, 0) is 37.1 Å². The summed E-state index contributed by atoms with van der Waals surface area (Å²) in [5.41, 5.74) is 1.02. The van der Waals surface area contributed by atoms with Crippen molar-refractivity contribution in [3.8, 4) is 5.75 Å². The zero-order chi connectivity index (χ0) is 13.7. The van der Waals surface area contributed by atoms with E-state index < -0.39 is 0 Å². The molecule has 0 aliphatic rings. The molecule has 0 spiro atoms. The Morgan fingerprint density at radius 1 is 1.42 bits per heavy atom. The minimum atomic E-state index is 0.534. The molecule has 0 unspecified atom stereocenters. The van der Waals surface area contributed by atoms with E-state index in [2.05, 4.69) is 17.2 Å². The SMILES string of the molecule is CCCNc1ncc(COc2ccc(Cl)c(C)c2)s1. The largest absolute Gasteiger partial charge is 0.488 e. The van der Waals surface area contributed by atoms with E-state index in [1.807, 2.05) is 31.3 Å². The molecule has 19 heavy (non-hydrogen) atoms. The van der Waals surface area contributed by atoms with Crippen molar-refractivity contribution in [1.29, 1.82) is 0 Å². The molecule has 0 atom stereocenters. The molecule has 5 heteroatoms. The lowest BCUT2D eigenvalue weighted by Gasteiger charge is -2.06. The van der Waals surface area contributed by atoms with E-state index in [-0.39, 0.29) is 0 Å². The fraction of sp³-hybridized carbons (Fsp3) is 0.357. The molecule has 0 aliphatic heterocycles. The maximum atomic E-state index is 5.98. The number of benzene rings is 1. The quantitative estimate of drug-likeness (QED) is 0.852. The van der Waals surface area contributed by atoms with Gasteiger partial charge in [0.1, 0.15) is 12.4 Å². The molecule has 0 bridgehead atoms. The maximum absolute atomic E-state index is 5.98. The van der Waals surface area contributed by atoms with Crippen LogP contribution in [-0.4, -0.2) is 11.5 Å². The van der Waals surface area contributed by atoms with Crippen LogP contribution in [0, 0.1) is 6.92 Å². The van der Waals surface area contributed by atoms with Crippen LogP contribution < -0.4 is 10.1 Å². The standard InChI is InChI=1S/C14H17ClN2OS/c1-3-6-16-14-17-8-12(19-14)9-18-11-4-5-13(15)10(2)7-11/h4-5,7-8H,3,6,9H2,1-2H3,(H,16,17). The number of anilines is 1. The lowest BCUT2D eigenvalue weighted by atomic mass is 10.2. The Hall–Kier alpha value is -1.26. The minimum Gasteiger partial charge on any atom is -0.488 e. The zero-order valence-corrected chi connectivity index (χ0v) is 12.6. The number of nitrogens with zero attached hydrogens (tertiary/aromatic N) is 1. The van der Waals surface area contributed by atoms with Gasteiger partial charge < -0.3 is 10.1 Å². The van der Waals surface area contributed by atoms with Crippen molar-refractivity contribution in [1.82, 2.24) is 4.98 Å². The van der Waals surface area contributed by atoms with Crippen LogP contribution in [0.4, 0.5) is 5.13 Å². The molecule has 0 aliphatic carbocycles. The summed E-state index contributed by atoms with van der Waals surface area (Å²) in [6.45, 7) is 5.58. The van der Waals surface area contributed by atoms with Crippen LogP contribution in [0.15, 0.2) is 24.4 Å². The third-order valence-corrected chi connectivity index (χ3v) is 3.94. The Morgan fingerprint density at radius 3 is 3.00 bits per heavy atom. The topological polar surface area (TPSA) is 34.2 Å². The van der Waals surface area contributed by atoms with E-state index >= 15 is 0 Å². The van der Waals surface area contributed by atoms with Gasteiger partial charge in [-0.3, -0.25) is 0 Å². The van der Waals surface area contributed by atoms with E-state index in [1.165, 1.54) is 0 Å². The molecule has 102 valence electrons. The number of nitrogens with one attached hydrogen (secondary N) is 1. The number of aromatic nitrogens is 1. The van der Waals surface area contributed by atoms with Crippen LogP contribution in [0.3, 0.4) is 0 Å². The second-order valence-electron chi connectivity index (χ2n) is 4.26. The zero-order valence-electron chi connectivity index (χ0n) is 11.1. The Labute approximate surface area is 122 Å². The first-order valence-corrected chi connectivity index (χ1v) is 7.46. The Balaban J connectivity index is 1.91. The molecule has 1 N–H and O–H groups in total. The maximum Gasteiger partial charge on any atom is 0.182 e. The van der Waals surface area contributed by atoms with E-state index in [0.717, 1.165) is 39.3 Å². The molecule has 1 aromatic carbocycles. The van der Waals surface area contributed by atoms with Crippen molar-refractivity contribution in [2.24, 2.45) is 0 Å². The molecule has 0 saturated heterocycles. The van der Waals surface area contributed by atoms with Crippen molar-refractivity contribution < 1.29 is 4.74 Å². The van der Waals surface area contributed by atoms with Gasteiger partial charge in [0, 0.05) is 17.8 Å². The molecule has 3 nitrogen and oxygen atoms in total. The van der Waals surface area contributed by atoms with Gasteiger partial charge in [-0.1, -0.05) is 29.9 Å². The number of ether oxygens (including phenoxy) is 1. The summed E-state index contributed by atoms with van der Waals surface area (Å²) in [5.74, 6) is 0.832. The fourth-order valence-corrected chi connectivity index (χ4v) is 2.42. The first-order chi connectivity index (χ1) is 9.19. The highest BCUT2D eigenvalue weighted by molar-refractivity contribution is 7.15. The lowest BCUT2D eigenvalue weighted by Crippen LogP contribution is -1.97. The summed E-state index contributed by atoms with van der Waals surface area (Å²) in [6.07, 6.45) is 2.95. The second kappa shape index (κ2) is 6.78. The van der Waals surface area contributed by atoms with Gasteiger partial charge in [-0.15, -0.1) is 0 Å². The summed E-state index contributed by atoms with van der Waals surface area (Å²) in [5, 5.41) is 4.98. The van der Waals surface area contributed by atoms with Gasteiger partial charge in [-0.25, -0.2) is 4.98 Å². The first kappa shape index (κ1) is 14.2. The lowest BCUT2D eigenvalue weighted by molar-refractivity contribution is 0.309. The van der Waals surface area contributed by atoms with E-state index in [0.29, 0.717) is 6.61 Å². The van der Waals surface area contributed by atoms with Crippen molar-refractivity contribution in [2.45, 2.75) is 26.9 Å². The summed E-state index contributed by atoms with van der Waals surface area (Å²) < 4.78 is 5.73. The second-order valence-corrected chi connectivity index (χ2v) is 5.78. The number of hydrogen-bond acceptors (Lipinski definition) is 4. The van der Waals surface area contributed by atoms with Crippen LogP contribution in [0.25, 0.3) is 0 Å². The Kier molecular flexibility index (Phi) is 5.05. The third-order valence-electron chi connectivity index (χ3n) is 2.59. The summed E-state index contributed by atoms with van der Waals surface area (Å²) in [4.78, 5) is 5.41. The highest BCUT2D eigenvalue weighted by Gasteiger charge is 2.03. The monoisotopic (exact) mass is 296 g/mol. The number of hydrogen-bond donors (Lipinski definition) is 1. The van der Waals surface area contributed by atoms with Gasteiger partial charge in [0.05, 0.1) is 4.88 Å². The summed E-state index contributed by atoms with van der Waals surface area (Å²) in [7, 11) is 0. The highest BCUT2D eigenvalue weighted by Crippen LogP contribution is 2.23. The predicted octanol–water partition coefficient (Wildman–Crippen LogP) is 4.51. The van der Waals surface area contributed by atoms with E-state index in [1.54, 1.807) is 11.3 Å². The van der Waals surface area contributed by atoms with Crippen molar-refractivity contribution in [3.63, 3.8) is 0 Å². The normalized spacial score (nSPS) is 10.5.